The van der Waals surface area contributed by atoms with E-state index < -0.39 is 29.9 Å². The number of hydrogen-bond acceptors (Lipinski definition) is 4. The van der Waals surface area contributed by atoms with Crippen LogP contribution in [0.2, 0.25) is 0 Å². The van der Waals surface area contributed by atoms with Gasteiger partial charge in [-0.25, -0.2) is 4.79 Å². The Kier molecular flexibility index (Phi) is 5.75. The monoisotopic (exact) mass is 420 g/mol. The van der Waals surface area contributed by atoms with Crippen molar-refractivity contribution in [2.75, 3.05) is 6.61 Å². The smallest absolute Gasteiger partial charge is 0.407 e. The van der Waals surface area contributed by atoms with Crippen molar-refractivity contribution in [1.29, 1.82) is 0 Å². The van der Waals surface area contributed by atoms with E-state index in [-0.39, 0.29) is 18.6 Å². The Morgan fingerprint density at radius 3 is 2.23 bits per heavy atom. The van der Waals surface area contributed by atoms with Crippen molar-refractivity contribution in [3.8, 4) is 11.1 Å². The van der Waals surface area contributed by atoms with Gasteiger partial charge in [-0.05, 0) is 35.6 Å². The molecule has 31 heavy (non-hydrogen) atoms. The van der Waals surface area contributed by atoms with Gasteiger partial charge >= 0.3 is 12.1 Å². The molecular formula is C24H24N2O5. The summed E-state index contributed by atoms with van der Waals surface area (Å²) in [5, 5.41) is 14.3. The third kappa shape index (κ3) is 4.30. The van der Waals surface area contributed by atoms with Crippen molar-refractivity contribution >= 4 is 18.0 Å². The first kappa shape index (κ1) is 20.7. The van der Waals surface area contributed by atoms with Crippen LogP contribution >= 0.6 is 0 Å². The molecule has 0 saturated heterocycles. The zero-order valence-corrected chi connectivity index (χ0v) is 17.1. The number of alkyl carbamates (subject to hydrolysis) is 1. The third-order valence-electron chi connectivity index (χ3n) is 5.80. The summed E-state index contributed by atoms with van der Waals surface area (Å²) in [6.45, 7) is 1.73. The highest BCUT2D eigenvalue weighted by molar-refractivity contribution is 5.86. The summed E-state index contributed by atoms with van der Waals surface area (Å²) < 4.78 is 5.46. The fourth-order valence-electron chi connectivity index (χ4n) is 4.18. The number of carbonyl (C=O) groups excluding carboxylic acids is 2. The van der Waals surface area contributed by atoms with Gasteiger partial charge in [-0.15, -0.1) is 0 Å². The van der Waals surface area contributed by atoms with Crippen molar-refractivity contribution < 1.29 is 24.2 Å². The van der Waals surface area contributed by atoms with E-state index in [1.807, 2.05) is 36.4 Å². The number of carbonyl (C=O) groups is 3. The van der Waals surface area contributed by atoms with E-state index in [1.54, 1.807) is 19.1 Å². The molecule has 0 bridgehead atoms. The molecule has 2 aromatic carbocycles. The molecule has 0 radical (unpaired) electrons. The highest BCUT2D eigenvalue weighted by Gasteiger charge is 2.30. The van der Waals surface area contributed by atoms with Crippen molar-refractivity contribution in [3.05, 3.63) is 71.8 Å². The van der Waals surface area contributed by atoms with Gasteiger partial charge < -0.3 is 20.5 Å². The van der Waals surface area contributed by atoms with Gasteiger partial charge in [0.05, 0.1) is 5.92 Å². The summed E-state index contributed by atoms with van der Waals surface area (Å²) in [6, 6.07) is 14.9. The van der Waals surface area contributed by atoms with Crippen LogP contribution in [-0.4, -0.2) is 41.8 Å². The third-order valence-corrected chi connectivity index (χ3v) is 5.80. The van der Waals surface area contributed by atoms with Crippen LogP contribution in [0.3, 0.4) is 0 Å². The predicted octanol–water partition coefficient (Wildman–Crippen LogP) is 3.06. The van der Waals surface area contributed by atoms with Crippen LogP contribution < -0.4 is 10.6 Å². The van der Waals surface area contributed by atoms with Gasteiger partial charge in [-0.1, -0.05) is 60.7 Å². The van der Waals surface area contributed by atoms with E-state index >= 15 is 0 Å². The zero-order valence-electron chi connectivity index (χ0n) is 17.1. The molecule has 0 aromatic heterocycles. The first-order valence-electron chi connectivity index (χ1n) is 10.3. The molecular weight excluding hydrogens is 396 g/mol. The largest absolute Gasteiger partial charge is 0.481 e. The number of ether oxygens (including phenoxy) is 1. The van der Waals surface area contributed by atoms with Gasteiger partial charge in [0.15, 0.2) is 0 Å². The summed E-state index contributed by atoms with van der Waals surface area (Å²) in [7, 11) is 0. The molecule has 2 aromatic rings. The topological polar surface area (TPSA) is 105 Å². The van der Waals surface area contributed by atoms with Gasteiger partial charge in [0.2, 0.25) is 5.91 Å². The second-order valence-corrected chi connectivity index (χ2v) is 7.87. The average molecular weight is 420 g/mol. The molecule has 2 unspecified atom stereocenters. The predicted molar refractivity (Wildman–Crippen MR) is 114 cm³/mol. The SMILES string of the molecule is C[C@@H](NC(=O)OCC1c2ccccc2-c2ccccc21)C(=O)NC1C=CC(C(=O)O)C1. The van der Waals surface area contributed by atoms with E-state index in [0.717, 1.165) is 22.3 Å². The molecule has 3 N–H and O–H groups in total. The minimum absolute atomic E-state index is 0.0566. The normalized spacial score (nSPS) is 19.9. The Labute approximate surface area is 180 Å². The summed E-state index contributed by atoms with van der Waals surface area (Å²) in [5.41, 5.74) is 4.51. The minimum atomic E-state index is -0.919. The first-order valence-corrected chi connectivity index (χ1v) is 10.3. The first-order chi connectivity index (χ1) is 14.9. The summed E-state index contributed by atoms with van der Waals surface area (Å²) in [5.74, 6) is -1.97. The number of hydrogen-bond donors (Lipinski definition) is 3. The van der Waals surface area contributed by atoms with Crippen LogP contribution in [0.15, 0.2) is 60.7 Å². The molecule has 0 aliphatic heterocycles. The number of rotatable bonds is 6. The Morgan fingerprint density at radius 1 is 1.03 bits per heavy atom. The number of carboxylic acids is 1. The van der Waals surface area contributed by atoms with Gasteiger partial charge in [-0.3, -0.25) is 9.59 Å². The quantitative estimate of drug-likeness (QED) is 0.623. The Bertz CT molecular complexity index is 1000. The molecule has 160 valence electrons. The lowest BCUT2D eigenvalue weighted by molar-refractivity contribution is -0.140. The van der Waals surface area contributed by atoms with Crippen LogP contribution in [0.4, 0.5) is 4.79 Å². The van der Waals surface area contributed by atoms with E-state index in [9.17, 15) is 14.4 Å². The van der Waals surface area contributed by atoms with Crippen LogP contribution in [0.1, 0.15) is 30.4 Å². The summed E-state index contributed by atoms with van der Waals surface area (Å²) in [4.78, 5) is 35.7. The van der Waals surface area contributed by atoms with Crippen LogP contribution in [0.5, 0.6) is 0 Å². The molecule has 7 nitrogen and oxygen atoms in total. The molecule has 0 saturated carbocycles. The second kappa shape index (κ2) is 8.63. The summed E-state index contributed by atoms with van der Waals surface area (Å²) in [6.07, 6.45) is 2.86. The lowest BCUT2D eigenvalue weighted by Crippen LogP contribution is -2.47. The Balaban J connectivity index is 1.31. The molecule has 7 heteroatoms. The van der Waals surface area contributed by atoms with E-state index in [2.05, 4.69) is 22.8 Å². The number of benzene rings is 2. The van der Waals surface area contributed by atoms with E-state index in [1.165, 1.54) is 0 Å². The maximum atomic E-state index is 12.3. The molecule has 0 heterocycles. The maximum absolute atomic E-state index is 12.3. The highest BCUT2D eigenvalue weighted by Crippen LogP contribution is 2.44. The standard InChI is InChI=1S/C24H24N2O5/c1-14(22(27)26-16-11-10-15(12-16)23(28)29)25-24(30)31-13-21-19-8-4-2-6-17(19)18-7-3-5-9-20(18)21/h2-11,14-16,21H,12-13H2,1H3,(H,25,30)(H,26,27)(H,28,29)/t14-,15?,16?/m1/s1. The fraction of sp³-hybridized carbons (Fsp3) is 0.292. The minimum Gasteiger partial charge on any atom is -0.481 e. The van der Waals surface area contributed by atoms with Gasteiger partial charge in [0.1, 0.15) is 12.6 Å². The molecule has 2 amide bonds. The van der Waals surface area contributed by atoms with Crippen LogP contribution in [0, 0.1) is 5.92 Å². The molecule has 3 atom stereocenters. The van der Waals surface area contributed by atoms with Crippen molar-refractivity contribution in [2.24, 2.45) is 5.92 Å². The zero-order chi connectivity index (χ0) is 22.0. The molecule has 0 spiro atoms. The van der Waals surface area contributed by atoms with Crippen LogP contribution in [-0.2, 0) is 14.3 Å². The lowest BCUT2D eigenvalue weighted by atomic mass is 9.98. The van der Waals surface area contributed by atoms with Gasteiger partial charge in [0.25, 0.3) is 0 Å². The van der Waals surface area contributed by atoms with Gasteiger partial charge in [-0.2, -0.15) is 0 Å². The number of amides is 2. The summed E-state index contributed by atoms with van der Waals surface area (Å²) >= 11 is 0. The lowest BCUT2D eigenvalue weighted by Gasteiger charge is -2.19. The Morgan fingerprint density at radius 2 is 1.65 bits per heavy atom. The molecule has 2 aliphatic rings. The molecule has 0 fully saturated rings. The average Bonchev–Trinajstić information content (AvgIpc) is 3.35. The van der Waals surface area contributed by atoms with E-state index in [0.29, 0.717) is 6.42 Å². The molecule has 4 rings (SSSR count). The van der Waals surface area contributed by atoms with Crippen molar-refractivity contribution in [1.82, 2.24) is 10.6 Å². The molecule has 2 aliphatic carbocycles. The fourth-order valence-corrected chi connectivity index (χ4v) is 4.18. The highest BCUT2D eigenvalue weighted by atomic mass is 16.5. The van der Waals surface area contributed by atoms with Crippen molar-refractivity contribution in [2.45, 2.75) is 31.3 Å². The maximum Gasteiger partial charge on any atom is 0.407 e. The van der Waals surface area contributed by atoms with Gasteiger partial charge in [0, 0.05) is 12.0 Å². The Hall–Kier alpha value is -3.61. The number of fused-ring (bicyclic) bond motifs is 3. The number of nitrogens with one attached hydrogen (secondary N) is 2. The van der Waals surface area contributed by atoms with Crippen LogP contribution in [0.25, 0.3) is 11.1 Å². The number of carboxylic acid groups (broad SMARTS) is 1. The second-order valence-electron chi connectivity index (χ2n) is 7.87. The van der Waals surface area contributed by atoms with E-state index in [4.69, 9.17) is 9.84 Å². The van der Waals surface area contributed by atoms with Crippen molar-refractivity contribution in [3.63, 3.8) is 0 Å². The number of aliphatic carboxylic acids is 1.